The lowest BCUT2D eigenvalue weighted by molar-refractivity contribution is 0.0146. The van der Waals surface area contributed by atoms with Gasteiger partial charge < -0.3 is 19.3 Å². The zero-order valence-electron chi connectivity index (χ0n) is 20.2. The molecule has 4 heterocycles. The zero-order valence-corrected chi connectivity index (χ0v) is 20.2. The third-order valence-corrected chi connectivity index (χ3v) is 7.90. The van der Waals surface area contributed by atoms with E-state index < -0.39 is 5.97 Å². The zero-order chi connectivity index (χ0) is 24.1. The molecule has 2 bridgehead atoms. The summed E-state index contributed by atoms with van der Waals surface area (Å²) in [5.41, 5.74) is 5.84. The number of carboxylic acid groups (broad SMARTS) is 1. The molecule has 1 aromatic carbocycles. The molecule has 35 heavy (non-hydrogen) atoms. The summed E-state index contributed by atoms with van der Waals surface area (Å²) in [7, 11) is 0. The van der Waals surface area contributed by atoms with Crippen LogP contribution < -0.4 is 4.90 Å². The molecule has 6 rings (SSSR count). The van der Waals surface area contributed by atoms with Crippen LogP contribution in [0, 0.1) is 13.8 Å². The molecule has 0 spiro atoms. The fourth-order valence-electron chi connectivity index (χ4n) is 6.02. The Hall–Kier alpha value is -3.19. The van der Waals surface area contributed by atoms with Gasteiger partial charge in [-0.05, 0) is 75.6 Å². The van der Waals surface area contributed by atoms with Crippen LogP contribution in [-0.2, 0) is 11.3 Å². The predicted molar refractivity (Wildman–Crippen MR) is 132 cm³/mol. The number of piperidine rings is 1. The van der Waals surface area contributed by atoms with E-state index in [2.05, 4.69) is 47.1 Å². The van der Waals surface area contributed by atoms with Crippen LogP contribution in [0.25, 0.3) is 11.3 Å². The number of ether oxygens (including phenoxy) is 1. The van der Waals surface area contributed by atoms with E-state index in [0.717, 1.165) is 66.9 Å². The van der Waals surface area contributed by atoms with Crippen LogP contribution in [0.1, 0.15) is 77.3 Å². The first-order chi connectivity index (χ1) is 17.0. The molecule has 182 valence electrons. The van der Waals surface area contributed by atoms with E-state index in [1.54, 1.807) is 6.07 Å². The van der Waals surface area contributed by atoms with Crippen molar-refractivity contribution in [2.75, 3.05) is 4.90 Å². The van der Waals surface area contributed by atoms with Gasteiger partial charge in [0.2, 0.25) is 0 Å². The average molecular weight is 474 g/mol. The van der Waals surface area contributed by atoms with Crippen molar-refractivity contribution >= 4 is 11.8 Å². The standard InChI is InChI=1S/C28H31N3O4/c1-16-4-3-5-17(2)25(16)26-23(27(35-30-26)18-6-7-18)15-34-22-12-20-9-10-21(13-22)31(20)24-11-8-19(14-29-24)28(32)33/h3-5,8,11,14,18,20-22H,6-7,9-10,12-13,15H2,1-2H3,(H,32,33)/t20-,21+,22?. The number of carbonyl (C=O) groups is 1. The molecule has 3 fully saturated rings. The summed E-state index contributed by atoms with van der Waals surface area (Å²) in [6.07, 6.45) is 8.07. The molecule has 1 aliphatic carbocycles. The number of anilines is 1. The van der Waals surface area contributed by atoms with E-state index in [0.29, 0.717) is 24.6 Å². The third-order valence-electron chi connectivity index (χ3n) is 7.90. The van der Waals surface area contributed by atoms with Crippen molar-refractivity contribution in [1.82, 2.24) is 10.1 Å². The maximum atomic E-state index is 11.2. The van der Waals surface area contributed by atoms with Crippen molar-refractivity contribution < 1.29 is 19.2 Å². The molecule has 2 saturated heterocycles. The van der Waals surface area contributed by atoms with Gasteiger partial charge in [-0.25, -0.2) is 9.78 Å². The van der Waals surface area contributed by atoms with Gasteiger partial charge in [0.1, 0.15) is 17.3 Å². The van der Waals surface area contributed by atoms with Gasteiger partial charge in [0.05, 0.1) is 18.3 Å². The van der Waals surface area contributed by atoms with Crippen LogP contribution in [0.5, 0.6) is 0 Å². The molecule has 1 saturated carbocycles. The molecule has 2 aromatic heterocycles. The van der Waals surface area contributed by atoms with E-state index in [1.165, 1.54) is 17.3 Å². The van der Waals surface area contributed by atoms with E-state index in [-0.39, 0.29) is 11.7 Å². The topological polar surface area (TPSA) is 88.7 Å². The Morgan fingerprint density at radius 2 is 1.80 bits per heavy atom. The van der Waals surface area contributed by atoms with Crippen LogP contribution in [0.15, 0.2) is 41.1 Å². The predicted octanol–water partition coefficient (Wildman–Crippen LogP) is 5.65. The van der Waals surface area contributed by atoms with Crippen molar-refractivity contribution in [1.29, 1.82) is 0 Å². The highest BCUT2D eigenvalue weighted by Crippen LogP contribution is 2.46. The van der Waals surface area contributed by atoms with Crippen molar-refractivity contribution in [3.63, 3.8) is 0 Å². The van der Waals surface area contributed by atoms with Gasteiger partial charge in [-0.2, -0.15) is 0 Å². The number of hydrogen-bond donors (Lipinski definition) is 1. The van der Waals surface area contributed by atoms with Gasteiger partial charge in [0.25, 0.3) is 0 Å². The quantitative estimate of drug-likeness (QED) is 0.475. The fraction of sp³-hybridized carbons (Fsp3) is 0.464. The van der Waals surface area contributed by atoms with Crippen LogP contribution in [0.2, 0.25) is 0 Å². The normalized spacial score (nSPS) is 23.6. The maximum Gasteiger partial charge on any atom is 0.337 e. The molecule has 7 heteroatoms. The summed E-state index contributed by atoms with van der Waals surface area (Å²) < 4.78 is 12.5. The summed E-state index contributed by atoms with van der Waals surface area (Å²) >= 11 is 0. The summed E-state index contributed by atoms with van der Waals surface area (Å²) in [5, 5.41) is 13.7. The van der Waals surface area contributed by atoms with Gasteiger partial charge >= 0.3 is 5.97 Å². The van der Waals surface area contributed by atoms with Gasteiger partial charge in [-0.15, -0.1) is 0 Å². The molecular formula is C28H31N3O4. The average Bonchev–Trinajstić information content (AvgIpc) is 3.55. The molecule has 3 atom stereocenters. The Morgan fingerprint density at radius 1 is 1.09 bits per heavy atom. The summed E-state index contributed by atoms with van der Waals surface area (Å²) in [5.74, 6) is 1.40. The lowest BCUT2D eigenvalue weighted by atomic mass is 9.96. The van der Waals surface area contributed by atoms with E-state index >= 15 is 0 Å². The first kappa shape index (κ1) is 22.3. The molecule has 0 radical (unpaired) electrons. The largest absolute Gasteiger partial charge is 0.478 e. The Balaban J connectivity index is 1.19. The van der Waals surface area contributed by atoms with Crippen LogP contribution in [0.3, 0.4) is 0 Å². The number of aromatic carboxylic acids is 1. The van der Waals surface area contributed by atoms with Crippen molar-refractivity contribution in [3.8, 4) is 11.3 Å². The van der Waals surface area contributed by atoms with E-state index in [9.17, 15) is 9.90 Å². The number of benzene rings is 1. The number of hydrogen-bond acceptors (Lipinski definition) is 6. The Bertz CT molecular complexity index is 1210. The number of carboxylic acids is 1. The summed E-state index contributed by atoms with van der Waals surface area (Å²) in [4.78, 5) is 18.0. The first-order valence-corrected chi connectivity index (χ1v) is 12.6. The highest BCUT2D eigenvalue weighted by Gasteiger charge is 2.42. The molecule has 0 amide bonds. The maximum absolute atomic E-state index is 11.2. The molecule has 3 aromatic rings. The highest BCUT2D eigenvalue weighted by molar-refractivity contribution is 5.87. The molecule has 7 nitrogen and oxygen atoms in total. The number of nitrogens with zero attached hydrogens (tertiary/aromatic N) is 3. The minimum Gasteiger partial charge on any atom is -0.478 e. The molecule has 2 aliphatic heterocycles. The fourth-order valence-corrected chi connectivity index (χ4v) is 6.02. The minimum atomic E-state index is -0.946. The molecule has 3 aliphatic rings. The summed E-state index contributed by atoms with van der Waals surface area (Å²) in [6, 6.07) is 10.6. The third kappa shape index (κ3) is 4.12. The number of aromatic nitrogens is 2. The minimum absolute atomic E-state index is 0.176. The van der Waals surface area contributed by atoms with Crippen LogP contribution in [0.4, 0.5) is 5.82 Å². The Morgan fingerprint density at radius 3 is 2.40 bits per heavy atom. The smallest absolute Gasteiger partial charge is 0.337 e. The second-order valence-corrected chi connectivity index (χ2v) is 10.3. The lowest BCUT2D eigenvalue weighted by Gasteiger charge is -2.39. The molecule has 1 unspecified atom stereocenters. The number of fused-ring (bicyclic) bond motifs is 2. The Labute approximate surface area is 205 Å². The monoisotopic (exact) mass is 473 g/mol. The van der Waals surface area contributed by atoms with Crippen LogP contribution in [-0.4, -0.2) is 39.4 Å². The number of pyridine rings is 1. The van der Waals surface area contributed by atoms with Gasteiger partial charge in [0.15, 0.2) is 0 Å². The van der Waals surface area contributed by atoms with E-state index in [4.69, 9.17) is 9.26 Å². The second-order valence-electron chi connectivity index (χ2n) is 10.3. The van der Waals surface area contributed by atoms with Crippen LogP contribution >= 0.6 is 0 Å². The lowest BCUT2D eigenvalue weighted by Crippen LogP contribution is -2.46. The van der Waals surface area contributed by atoms with Gasteiger partial charge in [-0.1, -0.05) is 23.4 Å². The molecular weight excluding hydrogens is 442 g/mol. The number of aryl methyl sites for hydroxylation is 2. The summed E-state index contributed by atoms with van der Waals surface area (Å²) in [6.45, 7) is 4.78. The van der Waals surface area contributed by atoms with Gasteiger partial charge in [-0.3, -0.25) is 0 Å². The van der Waals surface area contributed by atoms with Crippen molar-refractivity contribution in [2.24, 2.45) is 0 Å². The number of rotatable bonds is 7. The van der Waals surface area contributed by atoms with E-state index in [1.807, 2.05) is 6.07 Å². The van der Waals surface area contributed by atoms with Crippen molar-refractivity contribution in [3.05, 3.63) is 64.5 Å². The second kappa shape index (κ2) is 8.79. The van der Waals surface area contributed by atoms with Crippen molar-refractivity contribution in [2.45, 2.75) is 83.1 Å². The van der Waals surface area contributed by atoms with Gasteiger partial charge in [0, 0.05) is 35.3 Å². The first-order valence-electron chi connectivity index (χ1n) is 12.6. The highest BCUT2D eigenvalue weighted by atomic mass is 16.5. The molecule has 1 N–H and O–H groups in total. The SMILES string of the molecule is Cc1cccc(C)c1-c1noc(C2CC2)c1COC1C[C@H]2CC[C@@H](C1)N2c1ccc(C(=O)O)cn1. The Kier molecular flexibility index (Phi) is 5.60.